The molecule has 19 nitrogen and oxygen atoms in total. The van der Waals surface area contributed by atoms with E-state index in [0.29, 0.717) is 19.3 Å². The number of carbonyl (C=O) groups is 2. The van der Waals surface area contributed by atoms with Gasteiger partial charge in [-0.25, -0.2) is 13.9 Å². The summed E-state index contributed by atoms with van der Waals surface area (Å²) in [5, 5.41) is 29.7. The predicted molar refractivity (Wildman–Crippen MR) is 271 cm³/mol. The highest BCUT2D eigenvalue weighted by Gasteiger charge is 2.46. The summed E-state index contributed by atoms with van der Waals surface area (Å²) in [5.74, 6) is -1.41. The van der Waals surface area contributed by atoms with Gasteiger partial charge in [0.15, 0.2) is 12.3 Å². The first-order chi connectivity index (χ1) is 34.2. The van der Waals surface area contributed by atoms with Gasteiger partial charge in [0, 0.05) is 25.6 Å². The summed E-state index contributed by atoms with van der Waals surface area (Å²) >= 11 is 0. The number of carbonyl (C=O) groups excluding carboxylic acids is 2. The molecule has 7 N–H and O–H groups in total. The topological polar surface area (TPSA) is 286 Å². The Labute approximate surface area is 419 Å². The number of unbranched alkanes of at least 4 members (excludes halogenated alkanes) is 9. The zero-order valence-corrected chi connectivity index (χ0v) is 43.0. The predicted octanol–water partition coefficient (Wildman–Crippen LogP) is 8.86. The van der Waals surface area contributed by atoms with Gasteiger partial charge >= 0.3 is 33.3 Å². The van der Waals surface area contributed by atoms with Crippen LogP contribution in [-0.4, -0.2) is 97.4 Å². The van der Waals surface area contributed by atoms with Crippen molar-refractivity contribution in [2.45, 2.75) is 166 Å². The highest BCUT2D eigenvalue weighted by Crippen LogP contribution is 2.60. The van der Waals surface area contributed by atoms with Crippen molar-refractivity contribution in [2.75, 3.05) is 32.2 Å². The highest BCUT2D eigenvalue weighted by atomic mass is 31.3. The van der Waals surface area contributed by atoms with Crippen LogP contribution < -0.4 is 11.4 Å². The van der Waals surface area contributed by atoms with Crippen LogP contribution in [0.4, 0.5) is 5.82 Å². The molecule has 2 heterocycles. The van der Waals surface area contributed by atoms with Crippen LogP contribution in [0, 0.1) is 0 Å². The first-order valence-electron chi connectivity index (χ1n) is 24.7. The number of allylic oxidation sites excluding steroid dienone is 14. The summed E-state index contributed by atoms with van der Waals surface area (Å²) in [6, 6.07) is 1.24. The third-order valence-electron chi connectivity index (χ3n) is 10.5. The summed E-state index contributed by atoms with van der Waals surface area (Å²) in [6.07, 6.45) is 38.3. The summed E-state index contributed by atoms with van der Waals surface area (Å²) in [6.45, 7) is -0.0441. The van der Waals surface area contributed by atoms with E-state index in [1.165, 1.54) is 6.07 Å². The second-order valence-electron chi connectivity index (χ2n) is 16.7. The van der Waals surface area contributed by atoms with Gasteiger partial charge in [-0.3, -0.25) is 23.2 Å². The summed E-state index contributed by atoms with van der Waals surface area (Å²) in [4.78, 5) is 61.8. The molecule has 1 aromatic heterocycles. The summed E-state index contributed by atoms with van der Waals surface area (Å²) < 4.78 is 56.6. The standard InChI is InChI=1S/C50H79N3O16P2/c1-2-3-4-5-6-7-8-9-13-17-20-23-26-29-32-35-46(56)67-42(39-64-45(55)34-31-28-25-22-19-16-14-11-10-12-15-18-21-24-27-30-33-38-54)40-65-70(60,61)69-71(62,63)66-41-43-47(57)48(58)49(68-43)53-37-36-44(51)52-50(53)59/h3-4,6-7,9-10,12-14,16,18,21-22,25,36-37,42-43,47-49,54,57-58H,2,5,8,11,15,17,19-20,23-24,26-35,38-41H2,1H3,(H,60,61)(H,62,63)(H2,51,52,59)/b4-3-,7-6-,12-10-,13-9-,16-14-,21-18-,25-22-/t42-,43-,47-,48-,49-/m1/s1. The highest BCUT2D eigenvalue weighted by molar-refractivity contribution is 7.61. The number of aliphatic hydroxyl groups is 3. The number of hydrogen-bond donors (Lipinski definition) is 6. The quantitative estimate of drug-likeness (QED) is 0.0155. The summed E-state index contributed by atoms with van der Waals surface area (Å²) in [7, 11) is -10.9. The minimum Gasteiger partial charge on any atom is -0.462 e. The van der Waals surface area contributed by atoms with E-state index >= 15 is 0 Å². The Balaban J connectivity index is 1.84. The number of phosphoric acid groups is 2. The number of anilines is 1. The second kappa shape index (κ2) is 38.5. The fraction of sp³-hybridized carbons (Fsp3) is 0.600. The van der Waals surface area contributed by atoms with Crippen molar-refractivity contribution in [3.8, 4) is 0 Å². The van der Waals surface area contributed by atoms with E-state index in [4.69, 9.17) is 34.1 Å². The molecule has 71 heavy (non-hydrogen) atoms. The molecular formula is C50H79N3O16P2. The minimum atomic E-state index is -5.45. The van der Waals surface area contributed by atoms with Crippen molar-refractivity contribution in [3.63, 3.8) is 0 Å². The van der Waals surface area contributed by atoms with Crippen LogP contribution in [-0.2, 0) is 46.3 Å². The Bertz CT molecular complexity index is 2020. The molecule has 21 heteroatoms. The third-order valence-corrected chi connectivity index (χ3v) is 13.1. The lowest BCUT2D eigenvalue weighted by atomic mass is 10.1. The van der Waals surface area contributed by atoms with Crippen LogP contribution in [0.2, 0.25) is 0 Å². The largest absolute Gasteiger partial charge is 0.481 e. The van der Waals surface area contributed by atoms with E-state index in [0.717, 1.165) is 107 Å². The van der Waals surface area contributed by atoms with Gasteiger partial charge in [-0.05, 0) is 96.0 Å². The van der Waals surface area contributed by atoms with E-state index in [9.17, 15) is 43.5 Å². The van der Waals surface area contributed by atoms with Gasteiger partial charge in [0.05, 0.1) is 13.2 Å². The number of nitrogens with two attached hydrogens (primary N) is 1. The first-order valence-corrected chi connectivity index (χ1v) is 27.7. The maximum atomic E-state index is 12.8. The lowest BCUT2D eigenvalue weighted by Crippen LogP contribution is -2.36. The van der Waals surface area contributed by atoms with E-state index in [1.54, 1.807) is 0 Å². The van der Waals surface area contributed by atoms with Crippen molar-refractivity contribution >= 4 is 33.4 Å². The van der Waals surface area contributed by atoms with Gasteiger partial charge in [-0.1, -0.05) is 118 Å². The molecule has 0 aliphatic carbocycles. The third kappa shape index (κ3) is 31.2. The van der Waals surface area contributed by atoms with Gasteiger partial charge in [0.25, 0.3) is 0 Å². The second-order valence-corrected chi connectivity index (χ2v) is 19.7. The van der Waals surface area contributed by atoms with Crippen LogP contribution in [0.3, 0.4) is 0 Å². The molecule has 1 fully saturated rings. The Morgan fingerprint density at radius 2 is 1.21 bits per heavy atom. The Kier molecular flexibility index (Phi) is 34.2. The number of esters is 2. The fourth-order valence-corrected chi connectivity index (χ4v) is 8.82. The van der Waals surface area contributed by atoms with Gasteiger partial charge in [-0.2, -0.15) is 9.29 Å². The number of phosphoric ester groups is 2. The first kappa shape index (κ1) is 63.0. The maximum Gasteiger partial charge on any atom is 0.481 e. The minimum absolute atomic E-state index is 0.00874. The molecule has 7 atom stereocenters. The Hall–Kier alpha value is -4.10. The molecule has 1 saturated heterocycles. The van der Waals surface area contributed by atoms with Crippen molar-refractivity contribution in [2.24, 2.45) is 0 Å². The van der Waals surface area contributed by atoms with E-state index < -0.39 is 83.7 Å². The molecule has 0 saturated carbocycles. The van der Waals surface area contributed by atoms with E-state index in [-0.39, 0.29) is 25.3 Å². The fourth-order valence-electron chi connectivity index (χ4n) is 6.71. The maximum absolute atomic E-state index is 12.8. The number of aromatic nitrogens is 2. The summed E-state index contributed by atoms with van der Waals surface area (Å²) in [5.41, 5.74) is 4.57. The zero-order valence-electron chi connectivity index (χ0n) is 41.2. The number of nitrogen functional groups attached to an aromatic ring is 1. The Morgan fingerprint density at radius 3 is 1.79 bits per heavy atom. The smallest absolute Gasteiger partial charge is 0.462 e. The molecule has 2 rings (SSSR count). The monoisotopic (exact) mass is 1040 g/mol. The van der Waals surface area contributed by atoms with Crippen LogP contribution >= 0.6 is 15.6 Å². The Morgan fingerprint density at radius 1 is 0.704 bits per heavy atom. The molecule has 1 aromatic rings. The lowest BCUT2D eigenvalue weighted by Gasteiger charge is -2.21. The molecule has 2 unspecified atom stereocenters. The van der Waals surface area contributed by atoms with E-state index in [2.05, 4.69) is 89.1 Å². The van der Waals surface area contributed by atoms with Crippen LogP contribution in [0.1, 0.15) is 142 Å². The number of rotatable bonds is 40. The molecule has 0 radical (unpaired) electrons. The van der Waals surface area contributed by atoms with E-state index in [1.807, 2.05) is 12.2 Å². The number of nitrogens with zero attached hydrogens (tertiary/aromatic N) is 2. The SMILES string of the molecule is CC/C=C\C/C=C\C/C=C\CCCCCCCC(=O)O[C@H](COC(=O)CCC/C=C\C/C=C\C/C=C\C/C=C\CCCCCO)COP(=O)(O)OP(=O)(O)OC[C@H]1O[C@@H](n2ccc(N)nc2=O)[C@H](O)[C@@H]1O. The molecule has 0 aromatic carbocycles. The van der Waals surface area contributed by atoms with Gasteiger partial charge in [-0.15, -0.1) is 0 Å². The number of aliphatic hydroxyl groups excluding tert-OH is 3. The normalized spacial score (nSPS) is 19.9. The molecule has 0 spiro atoms. The lowest BCUT2D eigenvalue weighted by molar-refractivity contribution is -0.161. The van der Waals surface area contributed by atoms with Crippen molar-refractivity contribution in [1.82, 2.24) is 9.55 Å². The van der Waals surface area contributed by atoms with Crippen molar-refractivity contribution < 1.29 is 71.4 Å². The average molecular weight is 1040 g/mol. The molecule has 400 valence electrons. The number of ether oxygens (including phenoxy) is 3. The van der Waals surface area contributed by atoms with Crippen molar-refractivity contribution in [3.05, 3.63) is 108 Å². The van der Waals surface area contributed by atoms with Gasteiger partial charge in [0.1, 0.15) is 30.7 Å². The van der Waals surface area contributed by atoms with Crippen LogP contribution in [0.15, 0.2) is 102 Å². The molecule has 0 amide bonds. The van der Waals surface area contributed by atoms with Gasteiger partial charge in [0.2, 0.25) is 0 Å². The van der Waals surface area contributed by atoms with Gasteiger partial charge < -0.3 is 45.1 Å². The zero-order chi connectivity index (χ0) is 52.0. The average Bonchev–Trinajstić information content (AvgIpc) is 3.61. The van der Waals surface area contributed by atoms with Crippen LogP contribution in [0.25, 0.3) is 0 Å². The van der Waals surface area contributed by atoms with Crippen molar-refractivity contribution in [1.29, 1.82) is 0 Å². The molecule has 1 aliphatic rings. The van der Waals surface area contributed by atoms with Crippen LogP contribution in [0.5, 0.6) is 0 Å². The number of hydrogen-bond acceptors (Lipinski definition) is 16. The molecule has 1 aliphatic heterocycles. The molecular weight excluding hydrogens is 961 g/mol. The molecule has 0 bridgehead atoms.